The fourth-order valence-electron chi connectivity index (χ4n) is 8.84. The molecule has 0 spiro atoms. The van der Waals surface area contributed by atoms with Gasteiger partial charge in [-0.05, 0) is 128 Å². The second-order valence-electron chi connectivity index (χ2n) is 21.6. The van der Waals surface area contributed by atoms with Gasteiger partial charge in [0.25, 0.3) is 0 Å². The molecular formula is C76H122O6. The van der Waals surface area contributed by atoms with Crippen molar-refractivity contribution in [1.29, 1.82) is 0 Å². The fraction of sp³-hybridized carbons (Fsp3) is 0.618. The first-order valence-corrected chi connectivity index (χ1v) is 33.5. The molecule has 0 aliphatic heterocycles. The van der Waals surface area contributed by atoms with E-state index in [9.17, 15) is 14.4 Å². The lowest BCUT2D eigenvalue weighted by Crippen LogP contribution is -2.30. The summed E-state index contributed by atoms with van der Waals surface area (Å²) >= 11 is 0. The van der Waals surface area contributed by atoms with Crippen LogP contribution in [0.15, 0.2) is 158 Å². The number of allylic oxidation sites excluding steroid dienone is 26. The molecule has 82 heavy (non-hydrogen) atoms. The van der Waals surface area contributed by atoms with Gasteiger partial charge in [0, 0.05) is 19.3 Å². The number of esters is 3. The first kappa shape index (κ1) is 77.0. The van der Waals surface area contributed by atoms with Gasteiger partial charge < -0.3 is 14.2 Å². The van der Waals surface area contributed by atoms with Crippen molar-refractivity contribution in [2.45, 2.75) is 290 Å². The third kappa shape index (κ3) is 65.8. The highest BCUT2D eigenvalue weighted by molar-refractivity contribution is 5.71. The van der Waals surface area contributed by atoms with E-state index >= 15 is 0 Å². The van der Waals surface area contributed by atoms with Crippen molar-refractivity contribution >= 4 is 17.9 Å². The lowest BCUT2D eigenvalue weighted by molar-refractivity contribution is -0.167. The zero-order valence-electron chi connectivity index (χ0n) is 52.9. The van der Waals surface area contributed by atoms with E-state index in [1.54, 1.807) is 0 Å². The average molecular weight is 1130 g/mol. The van der Waals surface area contributed by atoms with Gasteiger partial charge in [-0.25, -0.2) is 0 Å². The predicted molar refractivity (Wildman–Crippen MR) is 357 cm³/mol. The van der Waals surface area contributed by atoms with Gasteiger partial charge in [-0.15, -0.1) is 0 Å². The van der Waals surface area contributed by atoms with Crippen LogP contribution in [0.4, 0.5) is 0 Å². The molecule has 6 heteroatoms. The Balaban J connectivity index is 4.30. The van der Waals surface area contributed by atoms with E-state index in [4.69, 9.17) is 14.2 Å². The van der Waals surface area contributed by atoms with Gasteiger partial charge in [0.15, 0.2) is 6.10 Å². The molecule has 0 aromatic rings. The molecule has 0 amide bonds. The second kappa shape index (κ2) is 68.5. The third-order valence-electron chi connectivity index (χ3n) is 13.8. The Kier molecular flexibility index (Phi) is 64.4. The Morgan fingerprint density at radius 1 is 0.256 bits per heavy atom. The minimum absolute atomic E-state index is 0.0943. The van der Waals surface area contributed by atoms with Crippen LogP contribution in [-0.2, 0) is 28.6 Å². The lowest BCUT2D eigenvalue weighted by atomic mass is 10.0. The molecule has 0 fully saturated rings. The first-order chi connectivity index (χ1) is 40.5. The minimum Gasteiger partial charge on any atom is -0.462 e. The molecule has 0 radical (unpaired) electrons. The molecule has 0 aromatic carbocycles. The maximum Gasteiger partial charge on any atom is 0.306 e. The summed E-state index contributed by atoms with van der Waals surface area (Å²) in [5, 5.41) is 0. The van der Waals surface area contributed by atoms with Gasteiger partial charge >= 0.3 is 17.9 Å². The van der Waals surface area contributed by atoms with E-state index < -0.39 is 6.10 Å². The third-order valence-corrected chi connectivity index (χ3v) is 13.8. The topological polar surface area (TPSA) is 78.9 Å². The Hall–Kier alpha value is -4.97. The van der Waals surface area contributed by atoms with Gasteiger partial charge in [-0.1, -0.05) is 294 Å². The summed E-state index contributed by atoms with van der Waals surface area (Å²) in [7, 11) is 0. The molecular weight excluding hydrogens is 1010 g/mol. The number of hydrogen-bond donors (Lipinski definition) is 0. The van der Waals surface area contributed by atoms with Gasteiger partial charge in [-0.2, -0.15) is 0 Å². The van der Waals surface area contributed by atoms with E-state index in [2.05, 4.69) is 179 Å². The van der Waals surface area contributed by atoms with Crippen LogP contribution >= 0.6 is 0 Å². The first-order valence-electron chi connectivity index (χ1n) is 33.5. The summed E-state index contributed by atoms with van der Waals surface area (Å²) < 4.78 is 16.9. The van der Waals surface area contributed by atoms with Crippen LogP contribution in [0.25, 0.3) is 0 Å². The van der Waals surface area contributed by atoms with Gasteiger partial charge in [0.2, 0.25) is 0 Å². The van der Waals surface area contributed by atoms with Crippen LogP contribution in [0, 0.1) is 0 Å². The van der Waals surface area contributed by atoms with Crippen LogP contribution in [-0.4, -0.2) is 37.2 Å². The molecule has 0 rings (SSSR count). The van der Waals surface area contributed by atoms with Crippen molar-refractivity contribution in [3.63, 3.8) is 0 Å². The summed E-state index contributed by atoms with van der Waals surface area (Å²) in [6.45, 7) is 6.38. The standard InChI is InChI=1S/C76H122O6/c1-4-7-10-13-16-19-22-25-27-29-30-31-32-33-34-35-36-37-38-39-40-41-42-43-44-45-46-48-49-51-54-57-60-63-66-69-75(78)81-72-73(71-80-74(77)68-65-62-59-56-53-24-21-18-15-12-9-6-3)82-76(79)70-67-64-61-58-55-52-50-47-28-26-23-20-17-14-11-8-5-2/h7-8,10-11,16-17,19-20,25-28,30-31,33-34,36-37,39-40,42-43,45-46,50,52,73H,4-6,9,12-15,18,21-24,29,32,35,38,41,44,47-49,51,53-72H2,1-3H3/b10-7-,11-8-,19-16-,20-17-,27-25-,28-26-,31-30-,34-33-,37-36-,40-39-,43-42-,46-45-,52-50-. The fourth-order valence-corrected chi connectivity index (χ4v) is 8.84. The number of rotatable bonds is 59. The van der Waals surface area contributed by atoms with E-state index in [0.29, 0.717) is 19.3 Å². The molecule has 1 unspecified atom stereocenters. The number of carbonyl (C=O) groups excluding carboxylic acids is 3. The molecule has 0 N–H and O–H groups in total. The highest BCUT2D eigenvalue weighted by Crippen LogP contribution is 2.15. The molecule has 0 saturated carbocycles. The Morgan fingerprint density at radius 3 is 0.744 bits per heavy atom. The molecule has 0 saturated heterocycles. The Labute approximate surface area is 505 Å². The quantitative estimate of drug-likeness (QED) is 0.0261. The van der Waals surface area contributed by atoms with E-state index in [-0.39, 0.29) is 31.1 Å². The van der Waals surface area contributed by atoms with Crippen molar-refractivity contribution < 1.29 is 28.6 Å². The number of ether oxygens (including phenoxy) is 3. The monoisotopic (exact) mass is 1130 g/mol. The smallest absolute Gasteiger partial charge is 0.306 e. The normalized spacial score (nSPS) is 13.2. The number of unbranched alkanes of at least 4 members (excludes halogenated alkanes) is 22. The SMILES string of the molecule is CC/C=C\C/C=C\C/C=C\C/C=C\C/C=C\C/C=C\C/C=C\C/C=C\C/C=C\CCCCCCCCCC(=O)OCC(COC(=O)CCCCCCCCCCCCCC)OC(=O)CCCCCC/C=C\C/C=C\C/C=C\C/C=C\CC. The largest absolute Gasteiger partial charge is 0.462 e. The van der Waals surface area contributed by atoms with Crippen molar-refractivity contribution in [3.8, 4) is 0 Å². The lowest BCUT2D eigenvalue weighted by Gasteiger charge is -2.18. The van der Waals surface area contributed by atoms with Crippen LogP contribution in [0.3, 0.4) is 0 Å². The highest BCUT2D eigenvalue weighted by atomic mass is 16.6. The maximum atomic E-state index is 12.9. The number of carbonyl (C=O) groups is 3. The zero-order chi connectivity index (χ0) is 59.2. The van der Waals surface area contributed by atoms with Crippen molar-refractivity contribution in [2.75, 3.05) is 13.2 Å². The molecule has 0 aromatic heterocycles. The summed E-state index contributed by atoms with van der Waals surface area (Å²) in [5.74, 6) is -0.930. The molecule has 6 nitrogen and oxygen atoms in total. The van der Waals surface area contributed by atoms with Crippen molar-refractivity contribution in [1.82, 2.24) is 0 Å². The van der Waals surface area contributed by atoms with Crippen LogP contribution in [0.5, 0.6) is 0 Å². The molecule has 0 heterocycles. The van der Waals surface area contributed by atoms with E-state index in [1.807, 2.05) is 0 Å². The molecule has 1 atom stereocenters. The van der Waals surface area contributed by atoms with Crippen molar-refractivity contribution in [3.05, 3.63) is 158 Å². The maximum absolute atomic E-state index is 12.9. The molecule has 0 aliphatic carbocycles. The number of hydrogen-bond acceptors (Lipinski definition) is 6. The highest BCUT2D eigenvalue weighted by Gasteiger charge is 2.19. The summed E-state index contributed by atoms with van der Waals surface area (Å²) in [6, 6.07) is 0. The molecule has 0 bridgehead atoms. The Morgan fingerprint density at radius 2 is 0.476 bits per heavy atom. The minimum atomic E-state index is -0.801. The molecule has 462 valence electrons. The summed E-state index contributed by atoms with van der Waals surface area (Å²) in [4.78, 5) is 38.3. The average Bonchev–Trinajstić information content (AvgIpc) is 3.47. The van der Waals surface area contributed by atoms with E-state index in [1.165, 1.54) is 83.5 Å². The van der Waals surface area contributed by atoms with Crippen LogP contribution in [0.2, 0.25) is 0 Å². The summed E-state index contributed by atoms with van der Waals surface area (Å²) in [5.41, 5.74) is 0. The van der Waals surface area contributed by atoms with Crippen molar-refractivity contribution in [2.24, 2.45) is 0 Å². The van der Waals surface area contributed by atoms with Gasteiger partial charge in [0.1, 0.15) is 13.2 Å². The van der Waals surface area contributed by atoms with Gasteiger partial charge in [-0.3, -0.25) is 14.4 Å². The van der Waals surface area contributed by atoms with Crippen LogP contribution in [0.1, 0.15) is 284 Å². The van der Waals surface area contributed by atoms with E-state index in [0.717, 1.165) is 161 Å². The van der Waals surface area contributed by atoms with Crippen LogP contribution < -0.4 is 0 Å². The summed E-state index contributed by atoms with van der Waals surface area (Å²) in [6.07, 6.45) is 99.7. The predicted octanol–water partition coefficient (Wildman–Crippen LogP) is 23.3. The zero-order valence-corrected chi connectivity index (χ0v) is 52.9. The van der Waals surface area contributed by atoms with Gasteiger partial charge in [0.05, 0.1) is 0 Å². The second-order valence-corrected chi connectivity index (χ2v) is 21.6. The molecule has 0 aliphatic rings. The Bertz CT molecular complexity index is 1830.